The molecule has 0 aromatic heterocycles. The molecule has 0 rings (SSSR count). The van der Waals surface area contributed by atoms with Gasteiger partial charge in [0.2, 0.25) is 0 Å². The average molecular weight is 222 g/mol. The van der Waals surface area contributed by atoms with Gasteiger partial charge in [0.05, 0.1) is 0 Å². The molecule has 0 radical (unpaired) electrons. The molecule has 0 heterocycles. The van der Waals surface area contributed by atoms with E-state index in [1.807, 2.05) is 0 Å². The Hall–Kier alpha value is 0.860. The van der Waals surface area contributed by atoms with Crippen LogP contribution in [0.4, 0.5) is 0 Å². The van der Waals surface area contributed by atoms with Crippen molar-refractivity contribution in [1.82, 2.24) is 0 Å². The van der Waals surface area contributed by atoms with Crippen molar-refractivity contribution in [3.05, 3.63) is 0 Å². The van der Waals surface area contributed by atoms with Gasteiger partial charge in [-0.05, 0) is 0 Å². The van der Waals surface area contributed by atoms with Gasteiger partial charge in [-0.1, -0.05) is 0 Å². The predicted octanol–water partition coefficient (Wildman–Crippen LogP) is 4.54. The van der Waals surface area contributed by atoms with Crippen molar-refractivity contribution in [2.24, 2.45) is 0 Å². The Kier molecular flexibility index (Phi) is 8.73. The number of unbranched alkanes of at least 4 members (excludes halogenated alkanes) is 6. The van der Waals surface area contributed by atoms with Crippen LogP contribution in [-0.2, 0) is 0 Å². The van der Waals surface area contributed by atoms with Crippen LogP contribution in [-0.4, -0.2) is 19.5 Å². The summed E-state index contributed by atoms with van der Waals surface area (Å²) in [6.07, 6.45) is 11.6. The molecule has 0 nitrogen and oxygen atoms in total. The molecule has 1 unspecified atom stereocenters. The first-order valence-electron chi connectivity index (χ1n) is 5.85. The molecular formula is C11H28P2. The standard InChI is InChI=1S/C11H28P2/c1-4-5-6-7-8-9-10-11-13(2,3)12/h13H,4-12H2,1-3H3. The van der Waals surface area contributed by atoms with E-state index in [1.54, 1.807) is 0 Å². The zero-order chi connectivity index (χ0) is 10.2. The monoisotopic (exact) mass is 222 g/mol. The minimum absolute atomic E-state index is 0.816. The van der Waals surface area contributed by atoms with E-state index in [9.17, 15) is 0 Å². The third-order valence-corrected chi connectivity index (χ3v) is 4.93. The van der Waals surface area contributed by atoms with Crippen LogP contribution >= 0.6 is 15.9 Å². The maximum absolute atomic E-state index is 3.07. The zero-order valence-electron chi connectivity index (χ0n) is 9.73. The van der Waals surface area contributed by atoms with E-state index in [0.29, 0.717) is 0 Å². The van der Waals surface area contributed by atoms with Crippen LogP contribution in [0.5, 0.6) is 0 Å². The summed E-state index contributed by atoms with van der Waals surface area (Å²) in [6, 6.07) is 0. The molecule has 0 aliphatic heterocycles. The molecular weight excluding hydrogens is 194 g/mol. The third-order valence-electron chi connectivity index (χ3n) is 2.42. The van der Waals surface area contributed by atoms with Gasteiger partial charge in [0.15, 0.2) is 0 Å². The summed E-state index contributed by atoms with van der Waals surface area (Å²) >= 11 is 0. The summed E-state index contributed by atoms with van der Waals surface area (Å²) in [5, 5.41) is 0. The van der Waals surface area contributed by atoms with Crippen LogP contribution in [0.1, 0.15) is 51.9 Å². The summed E-state index contributed by atoms with van der Waals surface area (Å²) in [6.45, 7) is 6.34. The molecule has 1 atom stereocenters. The molecule has 0 saturated carbocycles. The van der Waals surface area contributed by atoms with E-state index in [1.165, 1.54) is 51.1 Å². The molecule has 0 bridgehead atoms. The van der Waals surface area contributed by atoms with Crippen LogP contribution in [0.15, 0.2) is 0 Å². The predicted molar refractivity (Wildman–Crippen MR) is 72.7 cm³/mol. The molecule has 13 heavy (non-hydrogen) atoms. The van der Waals surface area contributed by atoms with Gasteiger partial charge in [0, 0.05) is 0 Å². The second-order valence-electron chi connectivity index (χ2n) is 4.86. The Morgan fingerprint density at radius 3 is 1.77 bits per heavy atom. The normalized spacial score (nSPS) is 13.2. The quantitative estimate of drug-likeness (QED) is 0.418. The molecule has 0 amide bonds. The molecule has 0 aromatic carbocycles. The first kappa shape index (κ1) is 13.9. The number of rotatable bonds is 8. The van der Waals surface area contributed by atoms with Crippen molar-refractivity contribution < 1.29 is 0 Å². The molecule has 0 fully saturated rings. The van der Waals surface area contributed by atoms with Crippen LogP contribution in [0.3, 0.4) is 0 Å². The van der Waals surface area contributed by atoms with Gasteiger partial charge in [0.25, 0.3) is 0 Å². The van der Waals surface area contributed by atoms with E-state index in [0.717, 1.165) is 0 Å². The van der Waals surface area contributed by atoms with E-state index in [4.69, 9.17) is 0 Å². The second-order valence-corrected chi connectivity index (χ2v) is 14.0. The van der Waals surface area contributed by atoms with Gasteiger partial charge >= 0.3 is 87.2 Å². The minimum atomic E-state index is -0.816. The molecule has 0 aliphatic carbocycles. The van der Waals surface area contributed by atoms with Crippen LogP contribution in [0.2, 0.25) is 0 Å². The molecule has 0 saturated heterocycles. The zero-order valence-corrected chi connectivity index (χ0v) is 11.9. The fourth-order valence-electron chi connectivity index (χ4n) is 1.54. The molecule has 82 valence electrons. The maximum atomic E-state index is 3.07. The van der Waals surface area contributed by atoms with Crippen LogP contribution in [0.25, 0.3) is 0 Å². The van der Waals surface area contributed by atoms with Gasteiger partial charge < -0.3 is 0 Å². The average Bonchev–Trinajstić information content (AvgIpc) is 2.01. The third kappa shape index (κ3) is 12.9. The van der Waals surface area contributed by atoms with Crippen molar-refractivity contribution in [3.8, 4) is 0 Å². The van der Waals surface area contributed by atoms with Crippen LogP contribution in [0, 0.1) is 0 Å². The molecule has 0 aliphatic rings. The van der Waals surface area contributed by atoms with E-state index >= 15 is 0 Å². The van der Waals surface area contributed by atoms with Crippen molar-refractivity contribution in [2.75, 3.05) is 19.5 Å². The van der Waals surface area contributed by atoms with Gasteiger partial charge in [-0.2, -0.15) is 0 Å². The van der Waals surface area contributed by atoms with E-state index in [2.05, 4.69) is 29.2 Å². The number of hydrogen-bond acceptors (Lipinski definition) is 0. The Morgan fingerprint density at radius 2 is 1.31 bits per heavy atom. The van der Waals surface area contributed by atoms with Crippen molar-refractivity contribution in [1.29, 1.82) is 0 Å². The molecule has 0 spiro atoms. The Balaban J connectivity index is 3.00. The topological polar surface area (TPSA) is 0 Å². The Bertz CT molecular complexity index is 105. The van der Waals surface area contributed by atoms with Crippen molar-refractivity contribution in [3.63, 3.8) is 0 Å². The first-order valence-corrected chi connectivity index (χ1v) is 10.9. The van der Waals surface area contributed by atoms with Crippen molar-refractivity contribution in [2.45, 2.75) is 51.9 Å². The molecule has 2 heteroatoms. The fraction of sp³-hybridized carbons (Fsp3) is 1.00. The van der Waals surface area contributed by atoms with Gasteiger partial charge in [-0.15, -0.1) is 0 Å². The Labute approximate surface area is 87.7 Å². The van der Waals surface area contributed by atoms with Gasteiger partial charge in [-0.3, -0.25) is 0 Å². The summed E-state index contributed by atoms with van der Waals surface area (Å²) in [4.78, 5) is 0. The summed E-state index contributed by atoms with van der Waals surface area (Å²) in [5.74, 6) is 0. The summed E-state index contributed by atoms with van der Waals surface area (Å²) in [5.41, 5.74) is 0. The van der Waals surface area contributed by atoms with Gasteiger partial charge in [-0.25, -0.2) is 0 Å². The van der Waals surface area contributed by atoms with Crippen LogP contribution < -0.4 is 0 Å². The van der Waals surface area contributed by atoms with E-state index < -0.39 is 6.95 Å². The molecule has 0 N–H and O–H groups in total. The fourth-order valence-corrected chi connectivity index (χ4v) is 3.31. The summed E-state index contributed by atoms with van der Waals surface area (Å²) in [7, 11) is 3.07. The Morgan fingerprint density at radius 1 is 0.846 bits per heavy atom. The second kappa shape index (κ2) is 8.19. The van der Waals surface area contributed by atoms with E-state index in [-0.39, 0.29) is 0 Å². The SMILES string of the molecule is CCCCCCCCC[PH](C)(C)P. The van der Waals surface area contributed by atoms with Crippen molar-refractivity contribution >= 4 is 15.9 Å². The molecule has 0 aromatic rings. The van der Waals surface area contributed by atoms with Gasteiger partial charge in [0.1, 0.15) is 0 Å². The first-order chi connectivity index (χ1) is 6.06. The number of hydrogen-bond donors (Lipinski definition) is 0. The summed E-state index contributed by atoms with van der Waals surface area (Å²) < 4.78 is 0.